The zero-order valence-corrected chi connectivity index (χ0v) is 13.8. The number of ketones is 1. The normalized spacial score (nSPS) is 16.8. The lowest BCUT2D eigenvalue weighted by Crippen LogP contribution is -2.37. The molecule has 1 aromatic carbocycles. The van der Waals surface area contributed by atoms with Crippen LogP contribution in [0, 0.1) is 17.0 Å². The Morgan fingerprint density at radius 3 is 2.76 bits per heavy atom. The summed E-state index contributed by atoms with van der Waals surface area (Å²) in [5, 5.41) is 17.5. The van der Waals surface area contributed by atoms with E-state index in [-0.39, 0.29) is 35.3 Å². The maximum absolute atomic E-state index is 12.7. The van der Waals surface area contributed by atoms with E-state index in [0.29, 0.717) is 18.5 Å². The van der Waals surface area contributed by atoms with Gasteiger partial charge in [-0.3, -0.25) is 24.8 Å². The van der Waals surface area contributed by atoms with Crippen molar-refractivity contribution < 1.29 is 14.5 Å². The van der Waals surface area contributed by atoms with Crippen LogP contribution in [0.4, 0.5) is 5.69 Å². The summed E-state index contributed by atoms with van der Waals surface area (Å²) in [6.45, 7) is 1.97. The molecule has 1 aromatic heterocycles. The Bertz CT molecular complexity index is 815. The van der Waals surface area contributed by atoms with Crippen LogP contribution >= 0.6 is 0 Å². The van der Waals surface area contributed by atoms with Gasteiger partial charge in [0.05, 0.1) is 4.92 Å². The number of aryl methyl sites for hydroxylation is 1. The van der Waals surface area contributed by atoms with Gasteiger partial charge in [0.1, 0.15) is 5.69 Å². The van der Waals surface area contributed by atoms with E-state index in [0.717, 1.165) is 6.42 Å². The van der Waals surface area contributed by atoms with Gasteiger partial charge in [0.2, 0.25) is 5.69 Å². The number of Topliss-reactive ketones (excluding diaryl/α,β-unsaturated/α-hetero) is 1. The van der Waals surface area contributed by atoms with Gasteiger partial charge in [-0.2, -0.15) is 5.10 Å². The van der Waals surface area contributed by atoms with Gasteiger partial charge < -0.3 is 4.90 Å². The highest BCUT2D eigenvalue weighted by Gasteiger charge is 2.36. The second-order valence-electron chi connectivity index (χ2n) is 6.09. The van der Waals surface area contributed by atoms with Gasteiger partial charge in [-0.25, -0.2) is 0 Å². The number of nitrogens with one attached hydrogen (secondary N) is 1. The van der Waals surface area contributed by atoms with Crippen LogP contribution in [0.1, 0.15) is 45.8 Å². The predicted molar refractivity (Wildman–Crippen MR) is 89.4 cm³/mol. The van der Waals surface area contributed by atoms with E-state index in [1.807, 2.05) is 6.07 Å². The summed E-state index contributed by atoms with van der Waals surface area (Å²) < 4.78 is 0. The molecule has 0 unspecified atom stereocenters. The molecule has 130 valence electrons. The highest BCUT2D eigenvalue weighted by atomic mass is 16.6. The molecule has 0 radical (unpaired) electrons. The molecule has 1 fully saturated rings. The van der Waals surface area contributed by atoms with E-state index < -0.39 is 10.8 Å². The van der Waals surface area contributed by atoms with Gasteiger partial charge in [-0.1, -0.05) is 30.3 Å². The van der Waals surface area contributed by atoms with Gasteiger partial charge in [0.25, 0.3) is 5.91 Å². The third-order valence-electron chi connectivity index (χ3n) is 4.45. The Morgan fingerprint density at radius 1 is 1.36 bits per heavy atom. The molecule has 3 rings (SSSR count). The summed E-state index contributed by atoms with van der Waals surface area (Å²) in [5.41, 5.74) is 0.347. The lowest BCUT2D eigenvalue weighted by molar-refractivity contribution is -0.385. The number of aromatic nitrogens is 2. The minimum Gasteiger partial charge on any atom is -0.334 e. The number of rotatable bonds is 5. The monoisotopic (exact) mass is 342 g/mol. The van der Waals surface area contributed by atoms with Crippen LogP contribution in [0.15, 0.2) is 30.3 Å². The molecule has 0 spiro atoms. The molecule has 0 aliphatic carbocycles. The third kappa shape index (κ3) is 3.28. The second kappa shape index (κ2) is 6.84. The molecule has 2 aromatic rings. The average molecular weight is 342 g/mol. The first-order valence-corrected chi connectivity index (χ1v) is 8.07. The smallest absolute Gasteiger partial charge is 0.322 e. The zero-order valence-electron chi connectivity index (χ0n) is 13.8. The van der Waals surface area contributed by atoms with Crippen molar-refractivity contribution in [2.45, 2.75) is 32.2 Å². The fraction of sp³-hybridized carbons (Fsp3) is 0.353. The lowest BCUT2D eigenvalue weighted by atomic mass is 10.0. The maximum atomic E-state index is 12.7. The van der Waals surface area contributed by atoms with Crippen LogP contribution in [0.2, 0.25) is 0 Å². The minimum atomic E-state index is -0.605. The first kappa shape index (κ1) is 16.8. The Kier molecular flexibility index (Phi) is 4.60. The summed E-state index contributed by atoms with van der Waals surface area (Å²) in [6.07, 6.45) is 1.66. The molecule has 8 heteroatoms. The first-order chi connectivity index (χ1) is 12.0. The van der Waals surface area contributed by atoms with Crippen molar-refractivity contribution in [2.75, 3.05) is 6.54 Å². The summed E-state index contributed by atoms with van der Waals surface area (Å²) in [5.74, 6) is -0.544. The van der Waals surface area contributed by atoms with Crippen molar-refractivity contribution in [2.24, 2.45) is 0 Å². The molecule has 1 aliphatic rings. The van der Waals surface area contributed by atoms with Crippen LogP contribution in [-0.2, 0) is 0 Å². The highest BCUT2D eigenvalue weighted by Crippen LogP contribution is 2.27. The molecule has 25 heavy (non-hydrogen) atoms. The number of hydrogen-bond donors (Lipinski definition) is 1. The molecule has 1 amide bonds. The molecule has 8 nitrogen and oxygen atoms in total. The van der Waals surface area contributed by atoms with Crippen molar-refractivity contribution in [3.63, 3.8) is 0 Å². The second-order valence-corrected chi connectivity index (χ2v) is 6.09. The number of benzene rings is 1. The van der Waals surface area contributed by atoms with Gasteiger partial charge in [0.15, 0.2) is 5.78 Å². The van der Waals surface area contributed by atoms with Crippen molar-refractivity contribution in [3.8, 4) is 0 Å². The SMILES string of the molecule is Cc1[nH]nc(C(=O)N2CCC[C@H]2CC(=O)c2ccccc2)c1[N+](=O)[O-]. The fourth-order valence-corrected chi connectivity index (χ4v) is 3.20. The van der Waals surface area contributed by atoms with Gasteiger partial charge >= 0.3 is 5.69 Å². The summed E-state index contributed by atoms with van der Waals surface area (Å²) in [7, 11) is 0. The summed E-state index contributed by atoms with van der Waals surface area (Å²) >= 11 is 0. The number of amides is 1. The van der Waals surface area contributed by atoms with Crippen molar-refractivity contribution in [1.29, 1.82) is 0 Å². The van der Waals surface area contributed by atoms with Crippen LogP contribution in [0.3, 0.4) is 0 Å². The highest BCUT2D eigenvalue weighted by molar-refractivity contribution is 5.99. The Labute approximate surface area is 144 Å². The third-order valence-corrected chi connectivity index (χ3v) is 4.45. The average Bonchev–Trinajstić information content (AvgIpc) is 3.21. The molecule has 1 aliphatic heterocycles. The van der Waals surface area contributed by atoms with Crippen LogP contribution in [0.25, 0.3) is 0 Å². The number of carbonyl (C=O) groups excluding carboxylic acids is 2. The predicted octanol–water partition coefficient (Wildman–Crippen LogP) is 2.50. The number of nitrogens with zero attached hydrogens (tertiary/aromatic N) is 3. The van der Waals surface area contributed by atoms with Crippen LogP contribution in [-0.4, -0.2) is 44.3 Å². The van der Waals surface area contributed by atoms with E-state index in [9.17, 15) is 19.7 Å². The number of likely N-dealkylation sites (tertiary alicyclic amines) is 1. The van der Waals surface area contributed by atoms with E-state index in [2.05, 4.69) is 10.2 Å². The number of aromatic amines is 1. The number of carbonyl (C=O) groups is 2. The number of H-pyrrole nitrogens is 1. The quantitative estimate of drug-likeness (QED) is 0.510. The molecule has 1 atom stereocenters. The molecule has 0 saturated carbocycles. The van der Waals surface area contributed by atoms with Crippen LogP contribution < -0.4 is 0 Å². The summed E-state index contributed by atoms with van der Waals surface area (Å²) in [4.78, 5) is 37.3. The van der Waals surface area contributed by atoms with Gasteiger partial charge in [0, 0.05) is 24.6 Å². The minimum absolute atomic E-state index is 0.0435. The Morgan fingerprint density at radius 2 is 2.08 bits per heavy atom. The number of nitro groups is 1. The van der Waals surface area contributed by atoms with Crippen LogP contribution in [0.5, 0.6) is 0 Å². The topological polar surface area (TPSA) is 109 Å². The Hall–Kier alpha value is -3.03. The molecule has 0 bridgehead atoms. The van der Waals surface area contributed by atoms with E-state index in [1.54, 1.807) is 24.3 Å². The van der Waals surface area contributed by atoms with Crippen molar-refractivity contribution in [3.05, 3.63) is 57.4 Å². The molecule has 2 heterocycles. The summed E-state index contributed by atoms with van der Waals surface area (Å²) in [6, 6.07) is 8.64. The molecule has 1 N–H and O–H groups in total. The Balaban J connectivity index is 1.79. The molecule has 1 saturated heterocycles. The lowest BCUT2D eigenvalue weighted by Gasteiger charge is -2.23. The van der Waals surface area contributed by atoms with Crippen molar-refractivity contribution >= 4 is 17.4 Å². The number of hydrogen-bond acceptors (Lipinski definition) is 5. The van der Waals surface area contributed by atoms with E-state index in [4.69, 9.17) is 0 Å². The molecular formula is C17H18N4O4. The first-order valence-electron chi connectivity index (χ1n) is 8.07. The van der Waals surface area contributed by atoms with E-state index in [1.165, 1.54) is 11.8 Å². The van der Waals surface area contributed by atoms with E-state index >= 15 is 0 Å². The van der Waals surface area contributed by atoms with Crippen molar-refractivity contribution in [1.82, 2.24) is 15.1 Å². The zero-order chi connectivity index (χ0) is 18.0. The maximum Gasteiger partial charge on any atom is 0.322 e. The molecular weight excluding hydrogens is 324 g/mol. The van der Waals surface area contributed by atoms with Gasteiger partial charge in [-0.15, -0.1) is 0 Å². The largest absolute Gasteiger partial charge is 0.334 e. The standard InChI is InChI=1S/C17H18N4O4/c1-11-16(21(24)25)15(19-18-11)17(23)20-9-5-8-13(20)10-14(22)12-6-3-2-4-7-12/h2-4,6-7,13H,5,8-10H2,1H3,(H,18,19)/t13-/m0/s1. The fourth-order valence-electron chi connectivity index (χ4n) is 3.20. The van der Waals surface area contributed by atoms with Gasteiger partial charge in [-0.05, 0) is 19.8 Å².